The number of nitrogens with two attached hydrogens (primary N) is 1. The lowest BCUT2D eigenvalue weighted by Gasteiger charge is -2.33. The van der Waals surface area contributed by atoms with E-state index in [-0.39, 0.29) is 17.9 Å². The molecule has 1 aliphatic rings. The third-order valence-electron chi connectivity index (χ3n) is 2.53. The lowest BCUT2D eigenvalue weighted by atomic mass is 10.0. The van der Waals surface area contributed by atoms with Crippen LogP contribution < -0.4 is 11.1 Å². The Bertz CT molecular complexity index is 253. The van der Waals surface area contributed by atoms with Crippen molar-refractivity contribution in [3.8, 4) is 0 Å². The third-order valence-corrected chi connectivity index (χ3v) is 2.53. The molecule has 1 saturated heterocycles. The number of nitrogens with one attached hydrogen (secondary N) is 1. The fourth-order valence-electron chi connectivity index (χ4n) is 1.87. The minimum atomic E-state index is -0.457. The second-order valence-corrected chi connectivity index (χ2v) is 4.11. The Morgan fingerprint density at radius 1 is 1.53 bits per heavy atom. The second kappa shape index (κ2) is 5.11. The van der Waals surface area contributed by atoms with Crippen LogP contribution in [0.5, 0.6) is 0 Å². The summed E-state index contributed by atoms with van der Waals surface area (Å²) in [6.45, 7) is 4.51. The number of likely N-dealkylation sites (tertiary alicyclic amines) is 1. The van der Waals surface area contributed by atoms with E-state index in [1.807, 2.05) is 0 Å². The Balaban J connectivity index is 2.48. The SMILES string of the molecule is CC(=O)NC1CCCN(C(=O)[C@@H](C)N)C1. The average Bonchev–Trinajstić information content (AvgIpc) is 2.16. The van der Waals surface area contributed by atoms with Crippen molar-refractivity contribution in [2.24, 2.45) is 5.73 Å². The van der Waals surface area contributed by atoms with Crippen LogP contribution in [-0.2, 0) is 9.59 Å². The van der Waals surface area contributed by atoms with E-state index < -0.39 is 6.04 Å². The fraction of sp³-hybridized carbons (Fsp3) is 0.800. The van der Waals surface area contributed by atoms with Gasteiger partial charge < -0.3 is 16.0 Å². The van der Waals surface area contributed by atoms with E-state index in [1.165, 1.54) is 6.92 Å². The van der Waals surface area contributed by atoms with Gasteiger partial charge in [-0.05, 0) is 19.8 Å². The van der Waals surface area contributed by atoms with Crippen molar-refractivity contribution in [3.05, 3.63) is 0 Å². The van der Waals surface area contributed by atoms with Gasteiger partial charge in [-0.1, -0.05) is 0 Å². The Kier molecular flexibility index (Phi) is 4.08. The molecule has 0 bridgehead atoms. The van der Waals surface area contributed by atoms with Gasteiger partial charge in [0.1, 0.15) is 0 Å². The molecule has 1 heterocycles. The van der Waals surface area contributed by atoms with E-state index in [4.69, 9.17) is 5.73 Å². The Morgan fingerprint density at radius 3 is 2.73 bits per heavy atom. The Labute approximate surface area is 90.0 Å². The number of piperidine rings is 1. The maximum absolute atomic E-state index is 11.6. The number of nitrogens with zero attached hydrogens (tertiary/aromatic N) is 1. The smallest absolute Gasteiger partial charge is 0.239 e. The number of rotatable bonds is 2. The summed E-state index contributed by atoms with van der Waals surface area (Å²) in [6.07, 6.45) is 1.85. The largest absolute Gasteiger partial charge is 0.352 e. The van der Waals surface area contributed by atoms with Crippen LogP contribution in [0.1, 0.15) is 26.7 Å². The molecule has 3 N–H and O–H groups in total. The van der Waals surface area contributed by atoms with Gasteiger partial charge in [0, 0.05) is 26.1 Å². The molecule has 2 atom stereocenters. The topological polar surface area (TPSA) is 75.4 Å². The van der Waals surface area contributed by atoms with Gasteiger partial charge in [-0.25, -0.2) is 0 Å². The van der Waals surface area contributed by atoms with Gasteiger partial charge in [0.05, 0.1) is 6.04 Å². The zero-order valence-electron chi connectivity index (χ0n) is 9.32. The molecule has 5 nitrogen and oxygen atoms in total. The number of hydrogen-bond acceptors (Lipinski definition) is 3. The zero-order valence-corrected chi connectivity index (χ0v) is 9.32. The molecule has 1 rings (SSSR count). The van der Waals surface area contributed by atoms with Crippen LogP contribution in [0.3, 0.4) is 0 Å². The van der Waals surface area contributed by atoms with Crippen LogP contribution in [0.15, 0.2) is 0 Å². The van der Waals surface area contributed by atoms with Crippen LogP contribution in [0, 0.1) is 0 Å². The highest BCUT2D eigenvalue weighted by Gasteiger charge is 2.25. The summed E-state index contributed by atoms with van der Waals surface area (Å²) in [7, 11) is 0. The third kappa shape index (κ3) is 3.51. The van der Waals surface area contributed by atoms with Crippen LogP contribution in [-0.4, -0.2) is 41.9 Å². The minimum absolute atomic E-state index is 0.0370. The molecule has 0 aromatic carbocycles. The van der Waals surface area contributed by atoms with Gasteiger partial charge >= 0.3 is 0 Å². The van der Waals surface area contributed by atoms with Crippen molar-refractivity contribution >= 4 is 11.8 Å². The monoisotopic (exact) mass is 213 g/mol. The number of carbonyl (C=O) groups is 2. The van der Waals surface area contributed by atoms with Gasteiger partial charge in [0.2, 0.25) is 11.8 Å². The first-order valence-electron chi connectivity index (χ1n) is 5.32. The highest BCUT2D eigenvalue weighted by Crippen LogP contribution is 2.10. The van der Waals surface area contributed by atoms with E-state index in [9.17, 15) is 9.59 Å². The standard InChI is InChI=1S/C10H19N3O2/c1-7(11)10(15)13-5-3-4-9(6-13)12-8(2)14/h7,9H,3-6,11H2,1-2H3,(H,12,14)/t7-,9?/m1/s1. The molecular formula is C10H19N3O2. The van der Waals surface area contributed by atoms with Gasteiger partial charge in [0.25, 0.3) is 0 Å². The quantitative estimate of drug-likeness (QED) is 0.647. The van der Waals surface area contributed by atoms with Crippen molar-refractivity contribution in [2.45, 2.75) is 38.8 Å². The Hall–Kier alpha value is -1.10. The highest BCUT2D eigenvalue weighted by atomic mass is 16.2. The summed E-state index contributed by atoms with van der Waals surface area (Å²) in [4.78, 5) is 24.2. The summed E-state index contributed by atoms with van der Waals surface area (Å²) in [5.41, 5.74) is 5.53. The van der Waals surface area contributed by atoms with Crippen molar-refractivity contribution in [1.29, 1.82) is 0 Å². The molecule has 0 radical (unpaired) electrons. The van der Waals surface area contributed by atoms with Crippen molar-refractivity contribution in [2.75, 3.05) is 13.1 Å². The summed E-state index contributed by atoms with van der Waals surface area (Å²) < 4.78 is 0. The van der Waals surface area contributed by atoms with Crippen LogP contribution in [0.25, 0.3) is 0 Å². The summed E-state index contributed by atoms with van der Waals surface area (Å²) >= 11 is 0. The summed E-state index contributed by atoms with van der Waals surface area (Å²) in [5, 5.41) is 2.83. The van der Waals surface area contributed by atoms with E-state index in [0.29, 0.717) is 6.54 Å². The van der Waals surface area contributed by atoms with E-state index in [2.05, 4.69) is 5.32 Å². The predicted octanol–water partition coefficient (Wildman–Crippen LogP) is -0.539. The molecule has 0 aromatic rings. The predicted molar refractivity (Wildman–Crippen MR) is 57.1 cm³/mol. The zero-order chi connectivity index (χ0) is 11.4. The van der Waals surface area contributed by atoms with Gasteiger partial charge in [-0.2, -0.15) is 0 Å². The molecule has 1 aliphatic heterocycles. The maximum Gasteiger partial charge on any atom is 0.239 e. The molecule has 1 unspecified atom stereocenters. The van der Waals surface area contributed by atoms with Crippen molar-refractivity contribution in [3.63, 3.8) is 0 Å². The van der Waals surface area contributed by atoms with E-state index >= 15 is 0 Å². The van der Waals surface area contributed by atoms with Crippen LogP contribution in [0.4, 0.5) is 0 Å². The normalized spacial score (nSPS) is 23.4. The van der Waals surface area contributed by atoms with Crippen LogP contribution in [0.2, 0.25) is 0 Å². The van der Waals surface area contributed by atoms with Crippen molar-refractivity contribution < 1.29 is 9.59 Å². The molecule has 2 amide bonds. The molecule has 15 heavy (non-hydrogen) atoms. The lowest BCUT2D eigenvalue weighted by Crippen LogP contribution is -2.52. The van der Waals surface area contributed by atoms with Gasteiger partial charge in [-0.15, -0.1) is 0 Å². The van der Waals surface area contributed by atoms with Gasteiger partial charge in [0.15, 0.2) is 0 Å². The van der Waals surface area contributed by atoms with E-state index in [1.54, 1.807) is 11.8 Å². The molecule has 0 aromatic heterocycles. The molecule has 1 fully saturated rings. The molecule has 0 saturated carbocycles. The van der Waals surface area contributed by atoms with E-state index in [0.717, 1.165) is 19.4 Å². The first-order chi connectivity index (χ1) is 7.00. The van der Waals surface area contributed by atoms with Crippen LogP contribution >= 0.6 is 0 Å². The molecular weight excluding hydrogens is 194 g/mol. The number of hydrogen-bond donors (Lipinski definition) is 2. The van der Waals surface area contributed by atoms with Gasteiger partial charge in [-0.3, -0.25) is 9.59 Å². The molecule has 5 heteroatoms. The number of carbonyl (C=O) groups excluding carboxylic acids is 2. The lowest BCUT2D eigenvalue weighted by molar-refractivity contribution is -0.134. The molecule has 0 spiro atoms. The second-order valence-electron chi connectivity index (χ2n) is 4.11. The molecule has 0 aliphatic carbocycles. The first-order valence-corrected chi connectivity index (χ1v) is 5.32. The number of amides is 2. The summed E-state index contributed by atoms with van der Waals surface area (Å²) in [5.74, 6) is -0.0832. The first kappa shape index (κ1) is 12.0. The molecule has 86 valence electrons. The van der Waals surface area contributed by atoms with Crippen molar-refractivity contribution in [1.82, 2.24) is 10.2 Å². The maximum atomic E-state index is 11.6. The fourth-order valence-corrected chi connectivity index (χ4v) is 1.87. The average molecular weight is 213 g/mol. The minimum Gasteiger partial charge on any atom is -0.352 e. The highest BCUT2D eigenvalue weighted by molar-refractivity contribution is 5.81. The summed E-state index contributed by atoms with van der Waals surface area (Å²) in [6, 6.07) is -0.375. The Morgan fingerprint density at radius 2 is 2.20 bits per heavy atom.